The number of carbonyl (C=O) groups excluding carboxylic acids is 1. The Morgan fingerprint density at radius 2 is 2.10 bits per heavy atom. The molecule has 0 fully saturated rings. The Bertz CT molecular complexity index is 1260. The highest BCUT2D eigenvalue weighted by Crippen LogP contribution is 2.42. The Morgan fingerprint density at radius 1 is 1.35 bits per heavy atom. The largest absolute Gasteiger partial charge is 0.493 e. The van der Waals surface area contributed by atoms with Crippen LogP contribution in [0, 0.1) is 0 Å². The van der Waals surface area contributed by atoms with Crippen LogP contribution in [0.4, 0.5) is 0 Å². The van der Waals surface area contributed by atoms with E-state index < -0.39 is 5.91 Å². The molecular weight excluding hydrogens is 556 g/mol. The number of fused-ring (bicyclic) bond motifs is 1. The molecule has 0 aliphatic rings. The molecule has 0 saturated heterocycles. The number of aromatic nitrogens is 2. The number of hydrogen-bond acceptors (Lipinski definition) is 6. The Hall–Kier alpha value is -2.43. The number of nitrogens with two attached hydrogens (primary N) is 1. The molecule has 0 radical (unpaired) electrons. The number of primary amides is 1. The number of nitrogens with zero attached hydrogens (tertiary/aromatic N) is 3. The number of methoxy groups -OCH3 is 1. The molecule has 162 valence electrons. The number of carbonyl (C=O) groups is 1. The summed E-state index contributed by atoms with van der Waals surface area (Å²) in [5, 5.41) is 4.96. The molecule has 0 bridgehead atoms. The second kappa shape index (κ2) is 9.80. The molecule has 0 saturated carbocycles. The van der Waals surface area contributed by atoms with Crippen molar-refractivity contribution in [1.82, 2.24) is 9.66 Å². The van der Waals surface area contributed by atoms with Crippen molar-refractivity contribution in [2.75, 3.05) is 13.7 Å². The van der Waals surface area contributed by atoms with E-state index in [1.807, 2.05) is 13.0 Å². The molecule has 11 heteroatoms. The maximum absolute atomic E-state index is 13.0. The van der Waals surface area contributed by atoms with Gasteiger partial charge in [0.25, 0.3) is 11.5 Å². The number of ether oxygens (including phenoxy) is 2. The second-order valence-corrected chi connectivity index (χ2v) is 8.37. The third-order valence-electron chi connectivity index (χ3n) is 4.24. The summed E-state index contributed by atoms with van der Waals surface area (Å²) in [4.78, 5) is 28.6. The smallest absolute Gasteiger partial charge is 0.282 e. The highest BCUT2D eigenvalue weighted by Gasteiger charge is 2.18. The van der Waals surface area contributed by atoms with Gasteiger partial charge in [-0.2, -0.15) is 9.78 Å². The maximum atomic E-state index is 13.0. The van der Waals surface area contributed by atoms with E-state index in [0.29, 0.717) is 33.2 Å². The van der Waals surface area contributed by atoms with E-state index in [4.69, 9.17) is 26.8 Å². The molecule has 3 aromatic rings. The number of amides is 1. The van der Waals surface area contributed by atoms with Gasteiger partial charge in [-0.3, -0.25) is 9.59 Å². The molecule has 0 spiro atoms. The lowest BCUT2D eigenvalue weighted by Crippen LogP contribution is -2.22. The molecule has 2 aromatic carbocycles. The highest BCUT2D eigenvalue weighted by molar-refractivity contribution is 9.10. The van der Waals surface area contributed by atoms with Crippen molar-refractivity contribution in [3.8, 4) is 11.5 Å². The van der Waals surface area contributed by atoms with E-state index >= 15 is 0 Å². The van der Waals surface area contributed by atoms with Crippen molar-refractivity contribution in [3.05, 3.63) is 60.0 Å². The molecule has 0 aliphatic heterocycles. The van der Waals surface area contributed by atoms with Crippen molar-refractivity contribution in [2.45, 2.75) is 13.3 Å². The van der Waals surface area contributed by atoms with Crippen LogP contribution in [0.1, 0.15) is 18.3 Å². The molecule has 1 aromatic heterocycles. The second-order valence-electron chi connectivity index (χ2n) is 6.28. The minimum Gasteiger partial charge on any atom is -0.493 e. The van der Waals surface area contributed by atoms with Crippen LogP contribution in [0.25, 0.3) is 10.9 Å². The lowest BCUT2D eigenvalue weighted by molar-refractivity contribution is -0.119. The van der Waals surface area contributed by atoms with Gasteiger partial charge in [-0.05, 0) is 40.2 Å². The molecule has 1 amide bonds. The van der Waals surface area contributed by atoms with Crippen LogP contribution in [0.3, 0.4) is 0 Å². The summed E-state index contributed by atoms with van der Waals surface area (Å²) in [6, 6.07) is 6.92. The maximum Gasteiger partial charge on any atom is 0.282 e. The van der Waals surface area contributed by atoms with E-state index in [-0.39, 0.29) is 28.7 Å². The fourth-order valence-electron chi connectivity index (χ4n) is 2.79. The van der Waals surface area contributed by atoms with E-state index in [9.17, 15) is 9.59 Å². The average Bonchev–Trinajstić information content (AvgIpc) is 2.74. The third-order valence-corrected chi connectivity index (χ3v) is 6.17. The van der Waals surface area contributed by atoms with Gasteiger partial charge in [-0.1, -0.05) is 34.5 Å². The zero-order valence-corrected chi connectivity index (χ0v) is 20.4. The van der Waals surface area contributed by atoms with Crippen LogP contribution in [0.5, 0.6) is 11.5 Å². The summed E-state index contributed by atoms with van der Waals surface area (Å²) >= 11 is 13.1. The van der Waals surface area contributed by atoms with Gasteiger partial charge in [0.15, 0.2) is 18.1 Å². The Kier molecular flexibility index (Phi) is 7.34. The summed E-state index contributed by atoms with van der Waals surface area (Å²) in [6.45, 7) is 1.53. The van der Waals surface area contributed by atoms with E-state index in [1.54, 1.807) is 18.2 Å². The number of benzene rings is 2. The van der Waals surface area contributed by atoms with Crippen molar-refractivity contribution < 1.29 is 14.3 Å². The molecule has 0 aliphatic carbocycles. The summed E-state index contributed by atoms with van der Waals surface area (Å²) in [7, 11) is 1.43. The molecule has 0 atom stereocenters. The highest BCUT2D eigenvalue weighted by atomic mass is 79.9. The van der Waals surface area contributed by atoms with Gasteiger partial charge in [0.05, 0.1) is 24.2 Å². The molecule has 3 rings (SSSR count). The minimum absolute atomic E-state index is 0.163. The summed E-state index contributed by atoms with van der Waals surface area (Å²) in [5.41, 5.74) is 5.95. The first-order valence-corrected chi connectivity index (χ1v) is 11.0. The Balaban J connectivity index is 2.10. The summed E-state index contributed by atoms with van der Waals surface area (Å²) in [5.74, 6) is 0.295. The fourth-order valence-corrected chi connectivity index (χ4v) is 3.81. The van der Waals surface area contributed by atoms with Gasteiger partial charge in [0.2, 0.25) is 0 Å². The fraction of sp³-hybridized carbons (Fsp3) is 0.200. The quantitative estimate of drug-likeness (QED) is 0.432. The topological polar surface area (TPSA) is 109 Å². The van der Waals surface area contributed by atoms with Crippen molar-refractivity contribution >= 4 is 66.5 Å². The zero-order valence-electron chi connectivity index (χ0n) is 16.5. The van der Waals surface area contributed by atoms with Gasteiger partial charge in [-0.25, -0.2) is 4.98 Å². The number of halogens is 3. The van der Waals surface area contributed by atoms with Crippen LogP contribution in [-0.4, -0.2) is 35.5 Å². The lowest BCUT2D eigenvalue weighted by atomic mass is 10.2. The van der Waals surface area contributed by atoms with E-state index in [1.165, 1.54) is 18.0 Å². The number of hydrogen-bond donors (Lipinski definition) is 1. The molecule has 2 N–H and O–H groups in total. The zero-order chi connectivity index (χ0) is 22.7. The predicted octanol–water partition coefficient (Wildman–Crippen LogP) is 3.89. The van der Waals surface area contributed by atoms with Crippen LogP contribution in [0.2, 0.25) is 5.02 Å². The van der Waals surface area contributed by atoms with Crippen molar-refractivity contribution in [2.24, 2.45) is 10.8 Å². The molecule has 1 heterocycles. The lowest BCUT2D eigenvalue weighted by Gasteiger charge is -2.14. The number of rotatable bonds is 7. The van der Waals surface area contributed by atoms with Crippen LogP contribution >= 0.6 is 43.5 Å². The van der Waals surface area contributed by atoms with Gasteiger partial charge in [-0.15, -0.1) is 0 Å². The Labute approximate surface area is 199 Å². The SMILES string of the molecule is CCc1nc2ccc(Br)cc2c(=O)n1N=Cc1cc(OC)c(OCC(N)=O)c(Cl)c1Br. The first kappa shape index (κ1) is 23.2. The van der Waals surface area contributed by atoms with E-state index in [2.05, 4.69) is 41.9 Å². The molecule has 0 unspecified atom stereocenters. The predicted molar refractivity (Wildman–Crippen MR) is 126 cm³/mol. The molecule has 8 nitrogen and oxygen atoms in total. The Morgan fingerprint density at radius 3 is 2.74 bits per heavy atom. The van der Waals surface area contributed by atoms with Gasteiger partial charge in [0.1, 0.15) is 10.8 Å². The normalized spacial score (nSPS) is 11.3. The standard InChI is InChI=1S/C20H17Br2ClN4O4/c1-3-16-26-13-5-4-11(21)7-12(13)20(29)27(16)25-8-10-6-14(30-2)19(18(23)17(10)22)31-9-15(24)28/h4-8H,3,9H2,1-2H3,(H2,24,28). The first-order valence-electron chi connectivity index (χ1n) is 8.99. The van der Waals surface area contributed by atoms with Crippen LogP contribution < -0.4 is 20.8 Å². The summed E-state index contributed by atoms with van der Waals surface area (Å²) in [6.07, 6.45) is 1.96. The monoisotopic (exact) mass is 570 g/mol. The van der Waals surface area contributed by atoms with Crippen molar-refractivity contribution in [3.63, 3.8) is 0 Å². The van der Waals surface area contributed by atoms with Crippen LogP contribution in [-0.2, 0) is 11.2 Å². The summed E-state index contributed by atoms with van der Waals surface area (Å²) < 4.78 is 13.1. The van der Waals surface area contributed by atoms with Gasteiger partial charge < -0.3 is 15.2 Å². The minimum atomic E-state index is -0.651. The average molecular weight is 573 g/mol. The van der Waals surface area contributed by atoms with Gasteiger partial charge >= 0.3 is 0 Å². The van der Waals surface area contributed by atoms with Crippen molar-refractivity contribution in [1.29, 1.82) is 0 Å². The molecular formula is C20H17Br2ClN4O4. The third kappa shape index (κ3) is 4.91. The first-order chi connectivity index (χ1) is 14.8. The van der Waals surface area contributed by atoms with Gasteiger partial charge in [0, 0.05) is 20.9 Å². The van der Waals surface area contributed by atoms with E-state index in [0.717, 1.165) is 4.47 Å². The number of aryl methyl sites for hydroxylation is 1. The molecule has 31 heavy (non-hydrogen) atoms. The van der Waals surface area contributed by atoms with Crippen LogP contribution in [0.15, 0.2) is 43.1 Å².